The smallest absolute Gasteiger partial charge is 0.253 e. The van der Waals surface area contributed by atoms with E-state index in [1.165, 1.54) is 0 Å². The summed E-state index contributed by atoms with van der Waals surface area (Å²) in [6.07, 6.45) is 0.678. The SMILES string of the molecule is CCN1C(=O)[C@]2(c3ccccc31)[C@H](C(=O)Nc1cccc(Cl)c1)C[C@@H]1CSCN12. The first-order valence-electron chi connectivity index (χ1n) is 9.89. The Morgan fingerprint density at radius 2 is 2.10 bits per heavy atom. The number of carbonyl (C=O) groups excluding carboxylic acids is 2. The molecule has 3 aliphatic heterocycles. The summed E-state index contributed by atoms with van der Waals surface area (Å²) in [4.78, 5) is 31.5. The minimum absolute atomic E-state index is 0.0254. The van der Waals surface area contributed by atoms with Crippen LogP contribution in [0.15, 0.2) is 48.5 Å². The van der Waals surface area contributed by atoms with Crippen LogP contribution in [-0.2, 0) is 15.1 Å². The van der Waals surface area contributed by atoms with Gasteiger partial charge in [0.25, 0.3) is 5.91 Å². The zero-order valence-corrected chi connectivity index (χ0v) is 17.7. The van der Waals surface area contributed by atoms with Gasteiger partial charge >= 0.3 is 0 Å². The molecule has 3 heterocycles. The highest BCUT2D eigenvalue weighted by Crippen LogP contribution is 2.57. The Labute approximate surface area is 179 Å². The standard InChI is InChI=1S/C22H22ClN3O2S/c1-2-25-19-9-4-3-8-17(19)22(21(25)28)18(11-16-12-29-13-26(16)22)20(27)24-15-7-5-6-14(23)10-15/h3-10,16,18H,2,11-13H2,1H3,(H,24,27)/t16-,18+,22+/m1/s1. The van der Waals surface area contributed by atoms with Crippen LogP contribution in [-0.4, -0.2) is 40.9 Å². The van der Waals surface area contributed by atoms with E-state index in [2.05, 4.69) is 10.2 Å². The zero-order valence-electron chi connectivity index (χ0n) is 16.1. The molecule has 2 fully saturated rings. The van der Waals surface area contributed by atoms with Crippen molar-refractivity contribution in [2.45, 2.75) is 24.9 Å². The van der Waals surface area contributed by atoms with E-state index in [-0.39, 0.29) is 17.9 Å². The maximum Gasteiger partial charge on any atom is 0.253 e. The Morgan fingerprint density at radius 1 is 1.28 bits per heavy atom. The number of rotatable bonds is 3. The minimum atomic E-state index is -0.927. The van der Waals surface area contributed by atoms with E-state index >= 15 is 0 Å². The fourth-order valence-corrected chi connectivity index (χ4v) is 6.69. The number of benzene rings is 2. The van der Waals surface area contributed by atoms with Gasteiger partial charge in [-0.25, -0.2) is 0 Å². The molecule has 3 aliphatic rings. The average Bonchev–Trinajstić information content (AvgIpc) is 3.35. The summed E-state index contributed by atoms with van der Waals surface area (Å²) >= 11 is 7.93. The molecule has 2 aromatic carbocycles. The predicted molar refractivity (Wildman–Crippen MR) is 117 cm³/mol. The molecule has 0 aromatic heterocycles. The lowest BCUT2D eigenvalue weighted by Gasteiger charge is -2.36. The summed E-state index contributed by atoms with van der Waals surface area (Å²) in [6, 6.07) is 15.3. The van der Waals surface area contributed by atoms with E-state index in [9.17, 15) is 9.59 Å². The lowest BCUT2D eigenvalue weighted by Crippen LogP contribution is -2.55. The third-order valence-corrected chi connectivity index (χ3v) is 7.66. The number of nitrogens with one attached hydrogen (secondary N) is 1. The summed E-state index contributed by atoms with van der Waals surface area (Å²) < 4.78 is 0. The lowest BCUT2D eigenvalue weighted by atomic mass is 9.79. The van der Waals surface area contributed by atoms with E-state index in [0.717, 1.165) is 22.9 Å². The second-order valence-corrected chi connectivity index (χ2v) is 9.18. The average molecular weight is 428 g/mol. The molecule has 0 aliphatic carbocycles. The molecule has 2 amide bonds. The highest BCUT2D eigenvalue weighted by atomic mass is 35.5. The van der Waals surface area contributed by atoms with E-state index in [0.29, 0.717) is 23.7 Å². The van der Waals surface area contributed by atoms with Gasteiger partial charge in [-0.2, -0.15) is 0 Å². The molecular weight excluding hydrogens is 406 g/mol. The Morgan fingerprint density at radius 3 is 2.90 bits per heavy atom. The van der Waals surface area contributed by atoms with E-state index in [4.69, 9.17) is 11.6 Å². The number of likely N-dealkylation sites (N-methyl/N-ethyl adjacent to an activating group) is 1. The fourth-order valence-electron chi connectivity index (χ4n) is 5.19. The maximum atomic E-state index is 13.9. The Balaban J connectivity index is 1.61. The number of thioether (sulfide) groups is 1. The molecule has 2 saturated heterocycles. The first-order chi connectivity index (χ1) is 14.1. The number of para-hydroxylation sites is 1. The summed E-state index contributed by atoms with van der Waals surface area (Å²) in [5.41, 5.74) is 1.62. The van der Waals surface area contributed by atoms with Gasteiger partial charge in [0, 0.05) is 46.2 Å². The van der Waals surface area contributed by atoms with Crippen molar-refractivity contribution in [3.63, 3.8) is 0 Å². The number of hydrogen-bond acceptors (Lipinski definition) is 4. The van der Waals surface area contributed by atoms with Crippen LogP contribution in [0.2, 0.25) is 5.02 Å². The Bertz CT molecular complexity index is 1000. The number of fused-ring (bicyclic) bond motifs is 4. The number of hydrogen-bond donors (Lipinski definition) is 1. The first-order valence-corrected chi connectivity index (χ1v) is 11.4. The molecule has 29 heavy (non-hydrogen) atoms. The Kier molecular flexibility index (Phi) is 4.61. The molecule has 0 radical (unpaired) electrons. The number of amides is 2. The Hall–Kier alpha value is -2.02. The van der Waals surface area contributed by atoms with Crippen LogP contribution in [0.1, 0.15) is 18.9 Å². The minimum Gasteiger partial charge on any atom is -0.326 e. The topological polar surface area (TPSA) is 52.7 Å². The van der Waals surface area contributed by atoms with Gasteiger partial charge in [-0.1, -0.05) is 35.9 Å². The van der Waals surface area contributed by atoms with Crippen LogP contribution in [0.3, 0.4) is 0 Å². The molecule has 1 N–H and O–H groups in total. The molecule has 0 bridgehead atoms. The second-order valence-electron chi connectivity index (χ2n) is 7.74. The van der Waals surface area contributed by atoms with Crippen LogP contribution in [0.25, 0.3) is 0 Å². The summed E-state index contributed by atoms with van der Waals surface area (Å²) in [5, 5.41) is 3.59. The summed E-state index contributed by atoms with van der Waals surface area (Å²) in [6.45, 7) is 2.58. The van der Waals surface area contributed by atoms with Gasteiger partial charge in [-0.15, -0.1) is 11.8 Å². The van der Waals surface area contributed by atoms with Crippen LogP contribution < -0.4 is 10.2 Å². The van der Waals surface area contributed by atoms with Gasteiger partial charge in [0.05, 0.1) is 5.92 Å². The van der Waals surface area contributed by atoms with Crippen LogP contribution in [0.5, 0.6) is 0 Å². The molecule has 5 rings (SSSR count). The van der Waals surface area contributed by atoms with Crippen molar-refractivity contribution in [1.29, 1.82) is 0 Å². The monoisotopic (exact) mass is 427 g/mol. The van der Waals surface area contributed by atoms with Crippen molar-refractivity contribution in [2.75, 3.05) is 28.4 Å². The summed E-state index contributed by atoms with van der Waals surface area (Å²) in [5.74, 6) is 1.18. The molecule has 2 aromatic rings. The second kappa shape index (κ2) is 7.04. The van der Waals surface area contributed by atoms with Crippen molar-refractivity contribution in [2.24, 2.45) is 5.92 Å². The van der Waals surface area contributed by atoms with E-state index in [1.54, 1.807) is 12.1 Å². The normalized spacial score (nSPS) is 28.1. The van der Waals surface area contributed by atoms with Crippen LogP contribution in [0.4, 0.5) is 11.4 Å². The lowest BCUT2D eigenvalue weighted by molar-refractivity contribution is -0.136. The van der Waals surface area contributed by atoms with Gasteiger partial charge in [0.1, 0.15) is 5.54 Å². The molecule has 1 spiro atoms. The van der Waals surface area contributed by atoms with Gasteiger partial charge in [0.2, 0.25) is 5.91 Å². The van der Waals surface area contributed by atoms with Gasteiger partial charge in [0.15, 0.2) is 0 Å². The van der Waals surface area contributed by atoms with Gasteiger partial charge in [-0.05, 0) is 37.6 Å². The fraction of sp³-hybridized carbons (Fsp3) is 0.364. The van der Waals surface area contributed by atoms with E-state index in [1.807, 2.05) is 60.0 Å². The van der Waals surface area contributed by atoms with Crippen molar-refractivity contribution in [3.8, 4) is 0 Å². The van der Waals surface area contributed by atoms with Crippen molar-refractivity contribution in [3.05, 3.63) is 59.1 Å². The number of carbonyl (C=O) groups is 2. The number of nitrogens with zero attached hydrogens (tertiary/aromatic N) is 2. The molecule has 0 unspecified atom stereocenters. The van der Waals surface area contributed by atoms with Crippen LogP contribution >= 0.6 is 23.4 Å². The van der Waals surface area contributed by atoms with Gasteiger partial charge in [-0.3, -0.25) is 14.5 Å². The largest absolute Gasteiger partial charge is 0.326 e. The predicted octanol–water partition coefficient (Wildman–Crippen LogP) is 3.94. The van der Waals surface area contributed by atoms with Crippen molar-refractivity contribution >= 4 is 46.6 Å². The zero-order chi connectivity index (χ0) is 20.2. The molecule has 0 saturated carbocycles. The third-order valence-electron chi connectivity index (χ3n) is 6.35. The van der Waals surface area contributed by atoms with Crippen molar-refractivity contribution < 1.29 is 9.59 Å². The quantitative estimate of drug-likeness (QED) is 0.806. The van der Waals surface area contributed by atoms with Gasteiger partial charge < -0.3 is 10.2 Å². The molecule has 5 nitrogen and oxygen atoms in total. The maximum absolute atomic E-state index is 13.9. The molecule has 150 valence electrons. The number of anilines is 2. The highest BCUT2D eigenvalue weighted by molar-refractivity contribution is 7.99. The summed E-state index contributed by atoms with van der Waals surface area (Å²) in [7, 11) is 0. The van der Waals surface area contributed by atoms with Crippen molar-refractivity contribution in [1.82, 2.24) is 4.90 Å². The number of halogens is 1. The van der Waals surface area contributed by atoms with Crippen LogP contribution in [0, 0.1) is 5.92 Å². The van der Waals surface area contributed by atoms with E-state index < -0.39 is 11.5 Å². The molecular formula is C22H22ClN3O2S. The highest BCUT2D eigenvalue weighted by Gasteiger charge is 2.67. The third kappa shape index (κ3) is 2.66. The molecule has 3 atom stereocenters. The molecule has 7 heteroatoms. The first kappa shape index (κ1) is 19.0.